The number of amides is 1. The summed E-state index contributed by atoms with van der Waals surface area (Å²) in [7, 11) is 0. The summed E-state index contributed by atoms with van der Waals surface area (Å²) in [6.07, 6.45) is -0.833. The van der Waals surface area contributed by atoms with Gasteiger partial charge in [0.05, 0.1) is 5.02 Å². The minimum atomic E-state index is -0.833. The zero-order valence-electron chi connectivity index (χ0n) is 14.8. The summed E-state index contributed by atoms with van der Waals surface area (Å²) in [5.41, 5.74) is 5.77. The summed E-state index contributed by atoms with van der Waals surface area (Å²) in [4.78, 5) is 12.2. The molecule has 1 amide bonds. The SMILES string of the molecule is C[C@H](Oc1cc(Cl)ccc1Cl)C(=O)NNC(=S)Nc1ccc2c(c1)OCCO2. The van der Waals surface area contributed by atoms with E-state index in [0.29, 0.717) is 46.2 Å². The zero-order chi connectivity index (χ0) is 20.1. The fourth-order valence-corrected chi connectivity index (χ4v) is 2.81. The molecule has 0 saturated carbocycles. The van der Waals surface area contributed by atoms with E-state index in [-0.39, 0.29) is 5.11 Å². The molecule has 0 aliphatic carbocycles. The number of benzene rings is 2. The molecule has 0 radical (unpaired) electrons. The molecule has 2 aromatic rings. The van der Waals surface area contributed by atoms with Gasteiger partial charge in [-0.3, -0.25) is 15.6 Å². The second kappa shape index (κ2) is 9.18. The monoisotopic (exact) mass is 441 g/mol. The van der Waals surface area contributed by atoms with Crippen molar-refractivity contribution in [3.63, 3.8) is 0 Å². The van der Waals surface area contributed by atoms with Gasteiger partial charge in [-0.05, 0) is 43.4 Å². The van der Waals surface area contributed by atoms with Crippen molar-refractivity contribution in [3.05, 3.63) is 46.4 Å². The van der Waals surface area contributed by atoms with Crippen LogP contribution in [0.5, 0.6) is 17.2 Å². The van der Waals surface area contributed by atoms with Gasteiger partial charge >= 0.3 is 0 Å². The largest absolute Gasteiger partial charge is 0.486 e. The number of nitrogens with one attached hydrogen (secondary N) is 3. The van der Waals surface area contributed by atoms with E-state index < -0.39 is 12.0 Å². The topological polar surface area (TPSA) is 80.9 Å². The Labute approximate surface area is 177 Å². The van der Waals surface area contributed by atoms with E-state index in [2.05, 4.69) is 16.2 Å². The predicted octanol–water partition coefficient (Wildman–Crippen LogP) is 3.55. The van der Waals surface area contributed by atoms with Gasteiger partial charge in [0.1, 0.15) is 19.0 Å². The number of hydrogen-bond donors (Lipinski definition) is 3. The Morgan fingerprint density at radius 1 is 1.11 bits per heavy atom. The van der Waals surface area contributed by atoms with Crippen LogP contribution in [0.2, 0.25) is 10.0 Å². The molecule has 0 spiro atoms. The van der Waals surface area contributed by atoms with Crippen LogP contribution in [0, 0.1) is 0 Å². The van der Waals surface area contributed by atoms with Crippen molar-refractivity contribution in [2.45, 2.75) is 13.0 Å². The normalized spacial score (nSPS) is 13.2. The van der Waals surface area contributed by atoms with Gasteiger partial charge in [0.2, 0.25) is 0 Å². The molecule has 0 unspecified atom stereocenters. The molecule has 148 valence electrons. The molecule has 10 heteroatoms. The lowest BCUT2D eigenvalue weighted by molar-refractivity contribution is -0.127. The maximum absolute atomic E-state index is 12.2. The summed E-state index contributed by atoms with van der Waals surface area (Å²) in [6, 6.07) is 10.1. The lowest BCUT2D eigenvalue weighted by Gasteiger charge is -2.20. The van der Waals surface area contributed by atoms with Gasteiger partial charge in [-0.1, -0.05) is 23.2 Å². The highest BCUT2D eigenvalue weighted by atomic mass is 35.5. The van der Waals surface area contributed by atoms with E-state index in [4.69, 9.17) is 49.6 Å². The number of ether oxygens (including phenoxy) is 3. The molecule has 7 nitrogen and oxygen atoms in total. The number of thiocarbonyl (C=S) groups is 1. The van der Waals surface area contributed by atoms with Crippen LogP contribution in [0.1, 0.15) is 6.92 Å². The van der Waals surface area contributed by atoms with E-state index in [0.717, 1.165) is 0 Å². The van der Waals surface area contributed by atoms with Gasteiger partial charge in [0.15, 0.2) is 22.7 Å². The Hall–Kier alpha value is -2.42. The Bertz CT molecular complexity index is 897. The van der Waals surface area contributed by atoms with E-state index in [9.17, 15) is 4.79 Å². The molecule has 1 atom stereocenters. The number of fused-ring (bicyclic) bond motifs is 1. The fourth-order valence-electron chi connectivity index (χ4n) is 2.31. The van der Waals surface area contributed by atoms with Gasteiger partial charge in [-0.25, -0.2) is 0 Å². The van der Waals surface area contributed by atoms with Crippen LogP contribution in [-0.4, -0.2) is 30.3 Å². The van der Waals surface area contributed by atoms with Crippen LogP contribution in [0.3, 0.4) is 0 Å². The second-order valence-corrected chi connectivity index (χ2v) is 7.01. The highest BCUT2D eigenvalue weighted by Gasteiger charge is 2.17. The number of rotatable bonds is 4. The van der Waals surface area contributed by atoms with Gasteiger partial charge in [0, 0.05) is 22.8 Å². The van der Waals surface area contributed by atoms with Gasteiger partial charge in [-0.15, -0.1) is 0 Å². The van der Waals surface area contributed by atoms with Crippen LogP contribution < -0.4 is 30.4 Å². The summed E-state index contributed by atoms with van der Waals surface area (Å²) >= 11 is 17.1. The van der Waals surface area contributed by atoms with Gasteiger partial charge < -0.3 is 19.5 Å². The Kier molecular flexibility index (Phi) is 6.66. The fraction of sp³-hybridized carbons (Fsp3) is 0.222. The average molecular weight is 442 g/mol. The minimum absolute atomic E-state index is 0.193. The zero-order valence-corrected chi connectivity index (χ0v) is 17.1. The van der Waals surface area contributed by atoms with Crippen molar-refractivity contribution in [3.8, 4) is 17.2 Å². The molecule has 2 aromatic carbocycles. The molecular weight excluding hydrogens is 425 g/mol. The molecule has 1 aliphatic rings. The number of halogens is 2. The Balaban J connectivity index is 1.49. The molecule has 28 heavy (non-hydrogen) atoms. The maximum Gasteiger partial charge on any atom is 0.279 e. The van der Waals surface area contributed by atoms with Crippen molar-refractivity contribution in [1.29, 1.82) is 0 Å². The first-order valence-electron chi connectivity index (χ1n) is 8.30. The molecule has 3 rings (SSSR count). The summed E-state index contributed by atoms with van der Waals surface area (Å²) in [6.45, 7) is 2.59. The number of hydrogen-bond acceptors (Lipinski definition) is 5. The van der Waals surface area contributed by atoms with Crippen molar-refractivity contribution < 1.29 is 19.0 Å². The van der Waals surface area contributed by atoms with Crippen LogP contribution in [0.15, 0.2) is 36.4 Å². The maximum atomic E-state index is 12.2. The van der Waals surface area contributed by atoms with Crippen LogP contribution in [0.4, 0.5) is 5.69 Å². The minimum Gasteiger partial charge on any atom is -0.486 e. The molecule has 3 N–H and O–H groups in total. The first-order valence-corrected chi connectivity index (χ1v) is 9.47. The molecule has 0 bridgehead atoms. The first-order chi connectivity index (χ1) is 13.4. The molecular formula is C18H17Cl2N3O4S. The standard InChI is InChI=1S/C18H17Cl2N3O4S/c1-10(27-15-8-11(19)2-4-13(15)20)17(24)22-23-18(28)21-12-3-5-14-16(9-12)26-7-6-25-14/h2-5,8-10H,6-7H2,1H3,(H,22,24)(H2,21,23,28)/t10-/m0/s1. The predicted molar refractivity (Wildman–Crippen MR) is 111 cm³/mol. The molecule has 1 heterocycles. The molecule has 0 fully saturated rings. The van der Waals surface area contributed by atoms with E-state index in [1.165, 1.54) is 6.07 Å². The van der Waals surface area contributed by atoms with Gasteiger partial charge in [-0.2, -0.15) is 0 Å². The summed E-state index contributed by atoms with van der Waals surface area (Å²) in [5, 5.41) is 3.94. The number of hydrazine groups is 1. The van der Waals surface area contributed by atoms with E-state index in [1.54, 1.807) is 37.3 Å². The summed E-state index contributed by atoms with van der Waals surface area (Å²) < 4.78 is 16.5. The van der Waals surface area contributed by atoms with Crippen molar-refractivity contribution in [2.24, 2.45) is 0 Å². The van der Waals surface area contributed by atoms with Crippen LogP contribution >= 0.6 is 35.4 Å². The van der Waals surface area contributed by atoms with Crippen molar-refractivity contribution >= 4 is 52.1 Å². The van der Waals surface area contributed by atoms with Crippen LogP contribution in [-0.2, 0) is 4.79 Å². The number of carbonyl (C=O) groups excluding carboxylic acids is 1. The Morgan fingerprint density at radius 2 is 1.86 bits per heavy atom. The number of carbonyl (C=O) groups is 1. The lowest BCUT2D eigenvalue weighted by Crippen LogP contribution is -2.48. The molecule has 0 saturated heterocycles. The van der Waals surface area contributed by atoms with Crippen LogP contribution in [0.25, 0.3) is 0 Å². The molecule has 1 aliphatic heterocycles. The first kappa shape index (κ1) is 20.3. The van der Waals surface area contributed by atoms with Gasteiger partial charge in [0.25, 0.3) is 5.91 Å². The second-order valence-electron chi connectivity index (χ2n) is 5.76. The highest BCUT2D eigenvalue weighted by molar-refractivity contribution is 7.80. The third-order valence-corrected chi connectivity index (χ3v) is 4.42. The number of anilines is 1. The summed E-state index contributed by atoms with van der Waals surface area (Å²) in [5.74, 6) is 1.18. The van der Waals surface area contributed by atoms with Crippen molar-refractivity contribution in [1.82, 2.24) is 10.9 Å². The van der Waals surface area contributed by atoms with E-state index in [1.807, 2.05) is 0 Å². The lowest BCUT2D eigenvalue weighted by atomic mass is 10.2. The average Bonchev–Trinajstić information content (AvgIpc) is 2.68. The Morgan fingerprint density at radius 3 is 2.64 bits per heavy atom. The van der Waals surface area contributed by atoms with Crippen molar-refractivity contribution in [2.75, 3.05) is 18.5 Å². The molecule has 0 aromatic heterocycles. The quantitative estimate of drug-likeness (QED) is 0.494. The third-order valence-electron chi connectivity index (χ3n) is 3.67. The highest BCUT2D eigenvalue weighted by Crippen LogP contribution is 2.32. The van der Waals surface area contributed by atoms with E-state index >= 15 is 0 Å². The third kappa shape index (κ3) is 5.31. The smallest absolute Gasteiger partial charge is 0.279 e.